The second-order valence-electron chi connectivity index (χ2n) is 5.94. The summed E-state index contributed by atoms with van der Waals surface area (Å²) < 4.78 is 10.9. The molecule has 0 bridgehead atoms. The molecule has 24 heavy (non-hydrogen) atoms. The molecule has 6 nitrogen and oxygen atoms in total. The summed E-state index contributed by atoms with van der Waals surface area (Å²) in [6.07, 6.45) is 0.910. The fourth-order valence-corrected chi connectivity index (χ4v) is 2.31. The number of anilines is 1. The van der Waals surface area contributed by atoms with Crippen LogP contribution in [-0.2, 0) is 6.54 Å². The molecule has 0 aliphatic rings. The highest BCUT2D eigenvalue weighted by Gasteiger charge is 2.16. The first-order valence-electron chi connectivity index (χ1n) is 8.09. The molecule has 0 saturated carbocycles. The molecule has 1 aromatic heterocycles. The minimum Gasteiger partial charge on any atom is -0.491 e. The summed E-state index contributed by atoms with van der Waals surface area (Å²) >= 11 is 0. The average molecular weight is 331 g/mol. The van der Waals surface area contributed by atoms with Crippen molar-refractivity contribution in [3.63, 3.8) is 0 Å². The first-order chi connectivity index (χ1) is 11.4. The lowest BCUT2D eigenvalue weighted by molar-refractivity contribution is 0.220. The Hall–Kier alpha value is -2.50. The highest BCUT2D eigenvalue weighted by atomic mass is 16.5. The zero-order chi connectivity index (χ0) is 17.7. The normalized spacial score (nSPS) is 10.5. The van der Waals surface area contributed by atoms with Crippen LogP contribution in [0.25, 0.3) is 0 Å². The summed E-state index contributed by atoms with van der Waals surface area (Å²) in [6, 6.07) is 5.53. The topological polar surface area (TPSA) is 67.6 Å². The zero-order valence-corrected chi connectivity index (χ0v) is 15.0. The molecular weight excluding hydrogens is 306 g/mol. The van der Waals surface area contributed by atoms with Gasteiger partial charge >= 0.3 is 6.03 Å². The number of aromatic nitrogens is 1. The predicted molar refractivity (Wildman–Crippen MR) is 93.4 cm³/mol. The third-order valence-electron chi connectivity index (χ3n) is 3.76. The molecular formula is C18H25N3O3. The summed E-state index contributed by atoms with van der Waals surface area (Å²) in [7, 11) is 1.74. The number of aryl methyl sites for hydroxylation is 3. The number of ether oxygens (including phenoxy) is 1. The number of rotatable bonds is 6. The quantitative estimate of drug-likeness (QED) is 0.867. The van der Waals surface area contributed by atoms with Crippen molar-refractivity contribution in [3.8, 4) is 5.75 Å². The van der Waals surface area contributed by atoms with Crippen LogP contribution >= 0.6 is 0 Å². The standard InChI is InChI=1S/C18H25N3O3/c1-6-9-23-17-10-12(2)7-8-16(17)19-18(22)21(5)11-15-13(3)20-24-14(15)4/h7-8,10H,6,9,11H2,1-5H3,(H,19,22). The van der Waals surface area contributed by atoms with Crippen LogP contribution in [0, 0.1) is 20.8 Å². The number of benzene rings is 1. The van der Waals surface area contributed by atoms with Crippen LogP contribution in [-0.4, -0.2) is 29.7 Å². The third kappa shape index (κ3) is 4.28. The smallest absolute Gasteiger partial charge is 0.321 e. The van der Waals surface area contributed by atoms with Gasteiger partial charge in [0.25, 0.3) is 0 Å². The SMILES string of the molecule is CCCOc1cc(C)ccc1NC(=O)N(C)Cc1c(C)noc1C. The first-order valence-corrected chi connectivity index (χ1v) is 8.09. The van der Waals surface area contributed by atoms with E-state index in [0.29, 0.717) is 24.6 Å². The number of carbonyl (C=O) groups is 1. The van der Waals surface area contributed by atoms with Crippen LogP contribution in [0.5, 0.6) is 5.75 Å². The van der Waals surface area contributed by atoms with Crippen molar-refractivity contribution in [1.29, 1.82) is 0 Å². The van der Waals surface area contributed by atoms with Gasteiger partial charge in [-0.2, -0.15) is 0 Å². The van der Waals surface area contributed by atoms with Gasteiger partial charge in [-0.15, -0.1) is 0 Å². The van der Waals surface area contributed by atoms with Gasteiger partial charge in [-0.3, -0.25) is 0 Å². The molecule has 0 saturated heterocycles. The number of nitrogens with one attached hydrogen (secondary N) is 1. The van der Waals surface area contributed by atoms with Gasteiger partial charge in [0.05, 0.1) is 24.5 Å². The molecule has 2 rings (SSSR count). The molecule has 1 heterocycles. The lowest BCUT2D eigenvalue weighted by Gasteiger charge is -2.19. The lowest BCUT2D eigenvalue weighted by atomic mass is 10.2. The zero-order valence-electron chi connectivity index (χ0n) is 15.0. The van der Waals surface area contributed by atoms with E-state index in [2.05, 4.69) is 10.5 Å². The van der Waals surface area contributed by atoms with Gasteiger partial charge in [-0.25, -0.2) is 4.79 Å². The summed E-state index contributed by atoms with van der Waals surface area (Å²) in [5.41, 5.74) is 3.49. The van der Waals surface area contributed by atoms with Crippen molar-refractivity contribution >= 4 is 11.7 Å². The molecule has 6 heteroatoms. The minimum atomic E-state index is -0.208. The fourth-order valence-electron chi connectivity index (χ4n) is 2.31. The average Bonchev–Trinajstić information content (AvgIpc) is 2.86. The van der Waals surface area contributed by atoms with Gasteiger partial charge in [-0.05, 0) is 44.9 Å². The molecule has 2 amide bonds. The van der Waals surface area contributed by atoms with E-state index in [-0.39, 0.29) is 6.03 Å². The minimum absolute atomic E-state index is 0.208. The summed E-state index contributed by atoms with van der Waals surface area (Å²) in [5, 5.41) is 6.83. The van der Waals surface area contributed by atoms with Gasteiger partial charge in [0, 0.05) is 12.6 Å². The van der Waals surface area contributed by atoms with Crippen LogP contribution in [0.1, 0.15) is 35.9 Å². The number of hydrogen-bond donors (Lipinski definition) is 1. The Bertz CT molecular complexity index is 690. The molecule has 0 radical (unpaired) electrons. The van der Waals surface area contributed by atoms with Gasteiger partial charge in [0.2, 0.25) is 0 Å². The molecule has 130 valence electrons. The van der Waals surface area contributed by atoms with Crippen molar-refractivity contribution in [3.05, 3.63) is 40.8 Å². The largest absolute Gasteiger partial charge is 0.491 e. The Balaban J connectivity index is 2.08. The third-order valence-corrected chi connectivity index (χ3v) is 3.76. The number of nitrogens with zero attached hydrogens (tertiary/aromatic N) is 2. The van der Waals surface area contributed by atoms with Crippen molar-refractivity contribution in [2.75, 3.05) is 19.0 Å². The lowest BCUT2D eigenvalue weighted by Crippen LogP contribution is -2.31. The number of hydrogen-bond acceptors (Lipinski definition) is 4. The van der Waals surface area contributed by atoms with Crippen molar-refractivity contribution < 1.29 is 14.1 Å². The molecule has 0 unspecified atom stereocenters. The summed E-state index contributed by atoms with van der Waals surface area (Å²) in [6.45, 7) is 8.80. The molecule has 0 aliphatic heterocycles. The Morgan fingerprint density at radius 3 is 2.71 bits per heavy atom. The molecule has 0 aliphatic carbocycles. The number of amides is 2. The number of urea groups is 1. The van der Waals surface area contributed by atoms with E-state index in [1.807, 2.05) is 45.9 Å². The molecule has 0 fully saturated rings. The van der Waals surface area contributed by atoms with Crippen LogP contribution < -0.4 is 10.1 Å². The van der Waals surface area contributed by atoms with Crippen LogP contribution in [0.15, 0.2) is 22.7 Å². The van der Waals surface area contributed by atoms with Crippen molar-refractivity contribution in [2.24, 2.45) is 0 Å². The van der Waals surface area contributed by atoms with E-state index in [1.165, 1.54) is 0 Å². The Morgan fingerprint density at radius 1 is 1.33 bits per heavy atom. The summed E-state index contributed by atoms with van der Waals surface area (Å²) in [4.78, 5) is 14.1. The van der Waals surface area contributed by atoms with Gasteiger partial charge in [0.15, 0.2) is 0 Å². The van der Waals surface area contributed by atoms with Crippen molar-refractivity contribution in [1.82, 2.24) is 10.1 Å². The van der Waals surface area contributed by atoms with E-state index in [4.69, 9.17) is 9.26 Å². The Morgan fingerprint density at radius 2 is 2.08 bits per heavy atom. The molecule has 2 aromatic rings. The second-order valence-corrected chi connectivity index (χ2v) is 5.94. The second kappa shape index (κ2) is 7.86. The maximum atomic E-state index is 12.5. The first kappa shape index (κ1) is 17.8. The monoisotopic (exact) mass is 331 g/mol. The van der Waals surface area contributed by atoms with Gasteiger partial charge in [-0.1, -0.05) is 18.1 Å². The van der Waals surface area contributed by atoms with Gasteiger partial charge in [0.1, 0.15) is 11.5 Å². The predicted octanol–water partition coefficient (Wildman–Crippen LogP) is 4.05. The maximum absolute atomic E-state index is 12.5. The van der Waals surface area contributed by atoms with Crippen LogP contribution in [0.2, 0.25) is 0 Å². The van der Waals surface area contributed by atoms with Crippen LogP contribution in [0.4, 0.5) is 10.5 Å². The van der Waals surface area contributed by atoms with Crippen molar-refractivity contribution in [2.45, 2.75) is 40.7 Å². The number of carbonyl (C=O) groups excluding carboxylic acids is 1. The van der Waals surface area contributed by atoms with Crippen LogP contribution in [0.3, 0.4) is 0 Å². The highest BCUT2D eigenvalue weighted by molar-refractivity contribution is 5.90. The fraction of sp³-hybridized carbons (Fsp3) is 0.444. The van der Waals surface area contributed by atoms with Gasteiger partial charge < -0.3 is 19.5 Å². The molecule has 0 atom stereocenters. The van der Waals surface area contributed by atoms with E-state index >= 15 is 0 Å². The highest BCUT2D eigenvalue weighted by Crippen LogP contribution is 2.26. The molecule has 1 N–H and O–H groups in total. The van der Waals surface area contributed by atoms with E-state index in [1.54, 1.807) is 11.9 Å². The van der Waals surface area contributed by atoms with E-state index in [9.17, 15) is 4.79 Å². The van der Waals surface area contributed by atoms with E-state index in [0.717, 1.165) is 29.0 Å². The Kier molecular flexibility index (Phi) is 5.84. The van der Waals surface area contributed by atoms with E-state index < -0.39 is 0 Å². The molecule has 0 spiro atoms. The summed E-state index contributed by atoms with van der Waals surface area (Å²) in [5.74, 6) is 1.42. The molecule has 1 aromatic carbocycles. The maximum Gasteiger partial charge on any atom is 0.321 e. The Labute approximate surface area is 142 Å².